The van der Waals surface area contributed by atoms with Crippen LogP contribution in [-0.4, -0.2) is 6.54 Å². The molecule has 1 heterocycles. The molecular weight excluding hydrogens is 330 g/mol. The Balaban J connectivity index is 2.54. The molecule has 0 bridgehead atoms. The maximum Gasteiger partial charge on any atom is 0.194 e. The predicted octanol–water partition coefficient (Wildman–Crippen LogP) is 5.17. The number of rotatable bonds is 4. The van der Waals surface area contributed by atoms with Crippen LogP contribution in [0.15, 0.2) is 18.2 Å². The first-order chi connectivity index (χ1) is 9.45. The van der Waals surface area contributed by atoms with E-state index in [1.54, 1.807) is 6.07 Å². The summed E-state index contributed by atoms with van der Waals surface area (Å²) in [5.41, 5.74) is 0.524. The second-order valence-electron chi connectivity index (χ2n) is 4.03. The van der Waals surface area contributed by atoms with Crippen LogP contribution in [-0.2, 0) is 0 Å². The summed E-state index contributed by atoms with van der Waals surface area (Å²) in [6.45, 7) is 2.31. The van der Waals surface area contributed by atoms with Crippen molar-refractivity contribution in [1.29, 1.82) is 0 Å². The molecular formula is C13H10Cl2F3NS. The normalized spacial score (nSPS) is 12.7. The Hall–Kier alpha value is -0.750. The predicted molar refractivity (Wildman–Crippen MR) is 76.2 cm³/mol. The molecule has 1 aromatic heterocycles. The van der Waals surface area contributed by atoms with Crippen LogP contribution in [0.2, 0.25) is 8.67 Å². The van der Waals surface area contributed by atoms with E-state index in [1.165, 1.54) is 6.07 Å². The van der Waals surface area contributed by atoms with Gasteiger partial charge in [0, 0.05) is 11.1 Å². The van der Waals surface area contributed by atoms with Crippen molar-refractivity contribution in [2.24, 2.45) is 0 Å². The summed E-state index contributed by atoms with van der Waals surface area (Å²) in [7, 11) is 0. The summed E-state index contributed by atoms with van der Waals surface area (Å²) in [5.74, 6) is -3.95. The third-order valence-electron chi connectivity index (χ3n) is 2.78. The summed E-state index contributed by atoms with van der Waals surface area (Å²) >= 11 is 13.1. The molecule has 0 radical (unpaired) electrons. The smallest absolute Gasteiger partial charge is 0.194 e. The zero-order chi connectivity index (χ0) is 14.9. The molecule has 1 unspecified atom stereocenters. The van der Waals surface area contributed by atoms with E-state index in [1.807, 2.05) is 6.92 Å². The highest BCUT2D eigenvalue weighted by atomic mass is 35.5. The van der Waals surface area contributed by atoms with Crippen LogP contribution in [0.25, 0.3) is 0 Å². The van der Waals surface area contributed by atoms with Crippen molar-refractivity contribution in [3.63, 3.8) is 0 Å². The Morgan fingerprint density at radius 1 is 1.15 bits per heavy atom. The van der Waals surface area contributed by atoms with Crippen molar-refractivity contribution in [1.82, 2.24) is 5.32 Å². The molecule has 1 nitrogen and oxygen atoms in total. The second kappa shape index (κ2) is 6.35. The van der Waals surface area contributed by atoms with E-state index in [9.17, 15) is 13.2 Å². The van der Waals surface area contributed by atoms with E-state index in [4.69, 9.17) is 23.2 Å². The Labute approximate surface area is 128 Å². The summed E-state index contributed by atoms with van der Waals surface area (Å²) in [5, 5.41) is 2.99. The van der Waals surface area contributed by atoms with Gasteiger partial charge in [0.2, 0.25) is 0 Å². The van der Waals surface area contributed by atoms with Gasteiger partial charge in [0.15, 0.2) is 17.5 Å². The molecule has 20 heavy (non-hydrogen) atoms. The fraction of sp³-hybridized carbons (Fsp3) is 0.231. The molecule has 1 aromatic carbocycles. The second-order valence-corrected chi connectivity index (χ2v) is 6.32. The summed E-state index contributed by atoms with van der Waals surface area (Å²) in [6, 6.07) is 2.98. The zero-order valence-electron chi connectivity index (χ0n) is 10.3. The van der Waals surface area contributed by atoms with Gasteiger partial charge >= 0.3 is 0 Å². The lowest BCUT2D eigenvalue weighted by atomic mass is 10.00. The third-order valence-corrected chi connectivity index (χ3v) is 4.30. The minimum absolute atomic E-state index is 0.0119. The molecule has 1 N–H and O–H groups in total. The van der Waals surface area contributed by atoms with Gasteiger partial charge in [-0.1, -0.05) is 36.2 Å². The standard InChI is InChI=1S/C13H10Cl2F3NS/c1-2-19-12(7-5-9(14)20-13(7)15)6-3-4-8(16)11(18)10(6)17/h3-5,12,19H,2H2,1H3. The van der Waals surface area contributed by atoms with Crippen molar-refractivity contribution in [3.8, 4) is 0 Å². The van der Waals surface area contributed by atoms with Crippen LogP contribution in [0.1, 0.15) is 24.1 Å². The molecule has 2 rings (SSSR count). The first-order valence-electron chi connectivity index (χ1n) is 5.77. The van der Waals surface area contributed by atoms with E-state index >= 15 is 0 Å². The quantitative estimate of drug-likeness (QED) is 0.757. The molecule has 0 aliphatic heterocycles. The van der Waals surface area contributed by atoms with Crippen LogP contribution < -0.4 is 5.32 Å². The SMILES string of the molecule is CCNC(c1cc(Cl)sc1Cl)c1ccc(F)c(F)c1F. The fourth-order valence-electron chi connectivity index (χ4n) is 1.91. The first kappa shape index (κ1) is 15.6. The average molecular weight is 340 g/mol. The lowest BCUT2D eigenvalue weighted by molar-refractivity contribution is 0.433. The van der Waals surface area contributed by atoms with Gasteiger partial charge in [-0.3, -0.25) is 0 Å². The van der Waals surface area contributed by atoms with Crippen LogP contribution >= 0.6 is 34.5 Å². The Bertz CT molecular complexity index is 630. The molecule has 0 saturated heterocycles. The van der Waals surface area contributed by atoms with Crippen molar-refractivity contribution >= 4 is 34.5 Å². The van der Waals surface area contributed by atoms with E-state index in [-0.39, 0.29) is 5.56 Å². The van der Waals surface area contributed by atoms with Gasteiger partial charge < -0.3 is 5.32 Å². The van der Waals surface area contributed by atoms with Crippen molar-refractivity contribution in [2.45, 2.75) is 13.0 Å². The molecule has 0 aliphatic rings. The number of benzene rings is 1. The molecule has 0 aliphatic carbocycles. The minimum Gasteiger partial charge on any atom is -0.306 e. The molecule has 1 atom stereocenters. The maximum atomic E-state index is 13.9. The number of halogens is 5. The highest BCUT2D eigenvalue weighted by Gasteiger charge is 2.24. The summed E-state index contributed by atoms with van der Waals surface area (Å²) < 4.78 is 41.1. The van der Waals surface area contributed by atoms with Crippen LogP contribution in [0.4, 0.5) is 13.2 Å². The molecule has 0 spiro atoms. The Morgan fingerprint density at radius 3 is 2.40 bits per heavy atom. The van der Waals surface area contributed by atoms with E-state index in [0.29, 0.717) is 20.8 Å². The zero-order valence-corrected chi connectivity index (χ0v) is 12.6. The molecule has 2 aromatic rings. The maximum absolute atomic E-state index is 13.9. The Morgan fingerprint density at radius 2 is 1.85 bits per heavy atom. The lowest BCUT2D eigenvalue weighted by Crippen LogP contribution is -2.23. The van der Waals surface area contributed by atoms with Gasteiger partial charge in [0.25, 0.3) is 0 Å². The van der Waals surface area contributed by atoms with Crippen molar-refractivity contribution in [3.05, 3.63) is 55.5 Å². The molecule has 0 amide bonds. The van der Waals surface area contributed by atoms with Crippen molar-refractivity contribution in [2.75, 3.05) is 6.54 Å². The lowest BCUT2D eigenvalue weighted by Gasteiger charge is -2.19. The number of thiophene rings is 1. The van der Waals surface area contributed by atoms with Gasteiger partial charge in [0.1, 0.15) is 0 Å². The molecule has 0 saturated carbocycles. The monoisotopic (exact) mass is 339 g/mol. The fourth-order valence-corrected chi connectivity index (χ4v) is 3.44. The van der Waals surface area contributed by atoms with Crippen LogP contribution in [0.3, 0.4) is 0 Å². The highest BCUT2D eigenvalue weighted by molar-refractivity contribution is 7.20. The topological polar surface area (TPSA) is 12.0 Å². The van der Waals surface area contributed by atoms with Gasteiger partial charge in [-0.25, -0.2) is 13.2 Å². The van der Waals surface area contributed by atoms with Gasteiger partial charge in [-0.2, -0.15) is 0 Å². The summed E-state index contributed by atoms with van der Waals surface area (Å²) in [4.78, 5) is 0. The van der Waals surface area contributed by atoms with Gasteiger partial charge in [-0.05, 0) is 18.7 Å². The number of hydrogen-bond donors (Lipinski definition) is 1. The molecule has 7 heteroatoms. The van der Waals surface area contributed by atoms with E-state index < -0.39 is 23.5 Å². The molecule has 0 fully saturated rings. The highest BCUT2D eigenvalue weighted by Crippen LogP contribution is 2.38. The molecule has 108 valence electrons. The Kier molecular flexibility index (Phi) is 4.96. The van der Waals surface area contributed by atoms with Crippen molar-refractivity contribution < 1.29 is 13.2 Å². The van der Waals surface area contributed by atoms with E-state index in [2.05, 4.69) is 5.32 Å². The van der Waals surface area contributed by atoms with Gasteiger partial charge in [-0.15, -0.1) is 11.3 Å². The van der Waals surface area contributed by atoms with E-state index in [0.717, 1.165) is 17.4 Å². The average Bonchev–Trinajstić information content (AvgIpc) is 2.73. The van der Waals surface area contributed by atoms with Gasteiger partial charge in [0.05, 0.1) is 14.7 Å². The summed E-state index contributed by atoms with van der Waals surface area (Å²) in [6.07, 6.45) is 0. The van der Waals surface area contributed by atoms with Crippen LogP contribution in [0, 0.1) is 17.5 Å². The largest absolute Gasteiger partial charge is 0.306 e. The number of nitrogens with one attached hydrogen (secondary N) is 1. The first-order valence-corrected chi connectivity index (χ1v) is 7.34. The third kappa shape index (κ3) is 2.96. The minimum atomic E-state index is -1.50. The van der Waals surface area contributed by atoms with Crippen LogP contribution in [0.5, 0.6) is 0 Å². The number of hydrogen-bond acceptors (Lipinski definition) is 2.